The lowest BCUT2D eigenvalue weighted by Crippen LogP contribution is -2.40. The molecule has 0 heterocycles. The van der Waals surface area contributed by atoms with Gasteiger partial charge in [0.15, 0.2) is 5.11 Å². The van der Waals surface area contributed by atoms with Crippen molar-refractivity contribution in [3.8, 4) is 0 Å². The molecule has 0 rings (SSSR count). The van der Waals surface area contributed by atoms with E-state index in [4.69, 9.17) is 12.2 Å². The fraction of sp³-hybridized carbons (Fsp3) is 0.889. The summed E-state index contributed by atoms with van der Waals surface area (Å²) >= 11 is 5.06. The zero-order valence-electron chi connectivity index (χ0n) is 8.31. The lowest BCUT2D eigenvalue weighted by Gasteiger charge is -2.15. The third-order valence-electron chi connectivity index (χ3n) is 1.71. The molecular weight excluding hydrogens is 168 g/mol. The molecule has 72 valence electrons. The lowest BCUT2D eigenvalue weighted by molar-refractivity contribution is 0.567. The molecule has 12 heavy (non-hydrogen) atoms. The second kappa shape index (κ2) is 7.35. The summed E-state index contributed by atoms with van der Waals surface area (Å²) in [5.74, 6) is 0. The van der Waals surface area contributed by atoms with E-state index in [1.54, 1.807) is 0 Å². The van der Waals surface area contributed by atoms with E-state index in [0.29, 0.717) is 6.04 Å². The van der Waals surface area contributed by atoms with Crippen LogP contribution < -0.4 is 10.6 Å². The Bertz CT molecular complexity index is 126. The summed E-state index contributed by atoms with van der Waals surface area (Å²) in [6.45, 7) is 7.31. The van der Waals surface area contributed by atoms with Crippen LogP contribution in [0.4, 0.5) is 0 Å². The van der Waals surface area contributed by atoms with Crippen molar-refractivity contribution in [1.82, 2.24) is 10.6 Å². The normalized spacial score (nSPS) is 12.2. The Labute approximate surface area is 81.1 Å². The van der Waals surface area contributed by atoms with Crippen LogP contribution in [0.2, 0.25) is 0 Å². The van der Waals surface area contributed by atoms with Gasteiger partial charge in [-0.25, -0.2) is 0 Å². The third kappa shape index (κ3) is 6.40. The van der Waals surface area contributed by atoms with Crippen LogP contribution in [0.3, 0.4) is 0 Å². The van der Waals surface area contributed by atoms with Gasteiger partial charge in [-0.1, -0.05) is 19.8 Å². The first-order valence-corrected chi connectivity index (χ1v) is 5.15. The number of unbranched alkanes of at least 4 members (excludes halogenated alkanes) is 1. The van der Waals surface area contributed by atoms with Gasteiger partial charge in [-0.2, -0.15) is 0 Å². The van der Waals surface area contributed by atoms with E-state index >= 15 is 0 Å². The first-order chi connectivity index (χ1) is 5.70. The maximum atomic E-state index is 5.06. The average molecular weight is 188 g/mol. The van der Waals surface area contributed by atoms with Gasteiger partial charge in [-0.05, 0) is 32.5 Å². The minimum Gasteiger partial charge on any atom is -0.363 e. The van der Waals surface area contributed by atoms with Gasteiger partial charge in [0.2, 0.25) is 0 Å². The lowest BCUT2D eigenvalue weighted by atomic mass is 10.1. The Kier molecular flexibility index (Phi) is 7.16. The van der Waals surface area contributed by atoms with Crippen molar-refractivity contribution < 1.29 is 0 Å². The molecule has 0 saturated heterocycles. The van der Waals surface area contributed by atoms with Crippen molar-refractivity contribution >= 4 is 17.3 Å². The van der Waals surface area contributed by atoms with Crippen molar-refractivity contribution in [2.45, 2.75) is 46.1 Å². The van der Waals surface area contributed by atoms with E-state index in [-0.39, 0.29) is 0 Å². The highest BCUT2D eigenvalue weighted by Crippen LogP contribution is 1.98. The molecular formula is C9H20N2S. The molecule has 0 aromatic rings. The Morgan fingerprint density at radius 3 is 2.58 bits per heavy atom. The summed E-state index contributed by atoms with van der Waals surface area (Å²) in [5.41, 5.74) is 0. The summed E-state index contributed by atoms with van der Waals surface area (Å²) in [6, 6.07) is 0.497. The van der Waals surface area contributed by atoms with Gasteiger partial charge in [0.25, 0.3) is 0 Å². The van der Waals surface area contributed by atoms with Crippen LogP contribution in [0.5, 0.6) is 0 Å². The van der Waals surface area contributed by atoms with Crippen molar-refractivity contribution in [3.05, 3.63) is 0 Å². The molecule has 0 bridgehead atoms. The first kappa shape index (κ1) is 11.7. The predicted octanol–water partition coefficient (Wildman–Crippen LogP) is 2.05. The summed E-state index contributed by atoms with van der Waals surface area (Å²) in [4.78, 5) is 0. The van der Waals surface area contributed by atoms with Crippen molar-refractivity contribution in [1.29, 1.82) is 0 Å². The van der Waals surface area contributed by atoms with Crippen molar-refractivity contribution in [3.63, 3.8) is 0 Å². The Morgan fingerprint density at radius 1 is 1.42 bits per heavy atom. The Balaban J connectivity index is 3.40. The molecule has 0 aromatic heterocycles. The Morgan fingerprint density at radius 2 is 2.08 bits per heavy atom. The largest absolute Gasteiger partial charge is 0.363 e. The van der Waals surface area contributed by atoms with Crippen molar-refractivity contribution in [2.24, 2.45) is 0 Å². The van der Waals surface area contributed by atoms with Crippen LogP contribution in [-0.4, -0.2) is 17.7 Å². The van der Waals surface area contributed by atoms with Crippen molar-refractivity contribution in [2.75, 3.05) is 6.54 Å². The van der Waals surface area contributed by atoms with Crippen LogP contribution in [0.1, 0.15) is 40.0 Å². The first-order valence-electron chi connectivity index (χ1n) is 4.75. The quantitative estimate of drug-likeness (QED) is 0.646. The van der Waals surface area contributed by atoms with Gasteiger partial charge in [0.05, 0.1) is 0 Å². The van der Waals surface area contributed by atoms with Gasteiger partial charge < -0.3 is 10.6 Å². The van der Waals surface area contributed by atoms with E-state index in [2.05, 4.69) is 24.5 Å². The van der Waals surface area contributed by atoms with Crippen LogP contribution in [-0.2, 0) is 0 Å². The van der Waals surface area contributed by atoms with Gasteiger partial charge in [0, 0.05) is 12.6 Å². The predicted molar refractivity (Wildman–Crippen MR) is 58.4 cm³/mol. The molecule has 2 N–H and O–H groups in total. The zero-order valence-corrected chi connectivity index (χ0v) is 9.13. The minimum absolute atomic E-state index is 0.497. The van der Waals surface area contributed by atoms with E-state index in [1.807, 2.05) is 6.92 Å². The molecule has 1 unspecified atom stereocenters. The monoisotopic (exact) mass is 188 g/mol. The van der Waals surface area contributed by atoms with Crippen LogP contribution in [0.15, 0.2) is 0 Å². The summed E-state index contributed by atoms with van der Waals surface area (Å²) < 4.78 is 0. The second-order valence-electron chi connectivity index (χ2n) is 3.05. The maximum Gasteiger partial charge on any atom is 0.166 e. The highest BCUT2D eigenvalue weighted by Gasteiger charge is 2.01. The molecule has 3 heteroatoms. The van der Waals surface area contributed by atoms with Crippen LogP contribution >= 0.6 is 12.2 Å². The van der Waals surface area contributed by atoms with Crippen LogP contribution in [0.25, 0.3) is 0 Å². The molecule has 0 aliphatic rings. The SMILES string of the molecule is CCCCC(C)NC(=S)NCC. The molecule has 0 amide bonds. The number of rotatable bonds is 5. The standard InChI is InChI=1S/C9H20N2S/c1-4-6-7-8(3)11-9(12)10-5-2/h8H,4-7H2,1-3H3,(H2,10,11,12). The van der Waals surface area contributed by atoms with Gasteiger partial charge >= 0.3 is 0 Å². The van der Waals surface area contributed by atoms with E-state index in [1.165, 1.54) is 19.3 Å². The number of hydrogen-bond donors (Lipinski definition) is 2. The fourth-order valence-corrected chi connectivity index (χ4v) is 1.36. The third-order valence-corrected chi connectivity index (χ3v) is 1.97. The molecule has 0 radical (unpaired) electrons. The van der Waals surface area contributed by atoms with Gasteiger partial charge in [-0.3, -0.25) is 0 Å². The minimum atomic E-state index is 0.497. The van der Waals surface area contributed by atoms with Gasteiger partial charge in [0.1, 0.15) is 0 Å². The topological polar surface area (TPSA) is 24.1 Å². The zero-order chi connectivity index (χ0) is 9.40. The maximum absolute atomic E-state index is 5.06. The van der Waals surface area contributed by atoms with E-state index < -0.39 is 0 Å². The number of thiocarbonyl (C=S) groups is 1. The molecule has 0 aromatic carbocycles. The summed E-state index contributed by atoms with van der Waals surface area (Å²) in [6.07, 6.45) is 3.71. The highest BCUT2D eigenvalue weighted by atomic mass is 32.1. The summed E-state index contributed by atoms with van der Waals surface area (Å²) in [5, 5.41) is 7.09. The van der Waals surface area contributed by atoms with E-state index in [0.717, 1.165) is 11.7 Å². The molecule has 0 aliphatic carbocycles. The molecule has 2 nitrogen and oxygen atoms in total. The number of nitrogens with one attached hydrogen (secondary N) is 2. The molecule has 0 spiro atoms. The summed E-state index contributed by atoms with van der Waals surface area (Å²) in [7, 11) is 0. The van der Waals surface area contributed by atoms with E-state index in [9.17, 15) is 0 Å². The second-order valence-corrected chi connectivity index (χ2v) is 3.46. The average Bonchev–Trinajstić information content (AvgIpc) is 2.01. The Hall–Kier alpha value is -0.310. The van der Waals surface area contributed by atoms with Crippen LogP contribution in [0, 0.1) is 0 Å². The smallest absolute Gasteiger partial charge is 0.166 e. The molecule has 0 aliphatic heterocycles. The molecule has 0 saturated carbocycles. The molecule has 1 atom stereocenters. The molecule has 0 fully saturated rings. The number of hydrogen-bond acceptors (Lipinski definition) is 1. The van der Waals surface area contributed by atoms with Gasteiger partial charge in [-0.15, -0.1) is 0 Å². The fourth-order valence-electron chi connectivity index (χ4n) is 1.02. The highest BCUT2D eigenvalue weighted by molar-refractivity contribution is 7.80.